The number of benzene rings is 2. The fourth-order valence-corrected chi connectivity index (χ4v) is 2.33. The monoisotopic (exact) mass is 255 g/mol. The highest BCUT2D eigenvalue weighted by Crippen LogP contribution is 2.21. The summed E-state index contributed by atoms with van der Waals surface area (Å²) >= 11 is 0. The number of ether oxygens (including phenoxy) is 1. The molecule has 100 valence electrons. The summed E-state index contributed by atoms with van der Waals surface area (Å²) in [6, 6.07) is 17.1. The van der Waals surface area contributed by atoms with Gasteiger partial charge in [0.15, 0.2) is 0 Å². The minimum absolute atomic E-state index is 0.174. The van der Waals surface area contributed by atoms with Crippen LogP contribution in [0.4, 0.5) is 5.69 Å². The highest BCUT2D eigenvalue weighted by atomic mass is 16.5. The first-order valence-electron chi connectivity index (χ1n) is 6.58. The van der Waals surface area contributed by atoms with E-state index in [1.54, 1.807) is 7.11 Å². The van der Waals surface area contributed by atoms with E-state index in [9.17, 15) is 0 Å². The number of anilines is 1. The van der Waals surface area contributed by atoms with Crippen LogP contribution in [-0.2, 0) is 4.74 Å². The molecular formula is C17H21NO. The zero-order valence-electron chi connectivity index (χ0n) is 11.8. The summed E-state index contributed by atoms with van der Waals surface area (Å²) in [7, 11) is 1.74. The number of rotatable bonds is 5. The van der Waals surface area contributed by atoms with Gasteiger partial charge in [0.1, 0.15) is 0 Å². The van der Waals surface area contributed by atoms with Crippen LogP contribution in [0.3, 0.4) is 0 Å². The molecule has 0 saturated heterocycles. The van der Waals surface area contributed by atoms with Crippen molar-refractivity contribution in [3.05, 3.63) is 65.2 Å². The molecule has 1 atom stereocenters. The Kier molecular flexibility index (Phi) is 4.58. The van der Waals surface area contributed by atoms with Crippen molar-refractivity contribution >= 4 is 5.69 Å². The van der Waals surface area contributed by atoms with Crippen molar-refractivity contribution in [2.24, 2.45) is 0 Å². The van der Waals surface area contributed by atoms with Crippen LogP contribution in [-0.4, -0.2) is 13.7 Å². The third kappa shape index (κ3) is 3.83. The minimum atomic E-state index is 0.174. The van der Waals surface area contributed by atoms with Gasteiger partial charge >= 0.3 is 0 Å². The summed E-state index contributed by atoms with van der Waals surface area (Å²) in [5.41, 5.74) is 4.92. The molecule has 2 aromatic carbocycles. The minimum Gasteiger partial charge on any atom is -0.382 e. The molecule has 0 aliphatic carbocycles. The lowest BCUT2D eigenvalue weighted by molar-refractivity contribution is 0.186. The number of nitrogens with one attached hydrogen (secondary N) is 1. The van der Waals surface area contributed by atoms with Crippen LogP contribution in [0.1, 0.15) is 22.7 Å². The number of hydrogen-bond donors (Lipinski definition) is 1. The Balaban J connectivity index is 2.21. The molecule has 0 aromatic heterocycles. The fourth-order valence-electron chi connectivity index (χ4n) is 2.33. The smallest absolute Gasteiger partial charge is 0.0747 e. The molecule has 0 aliphatic rings. The predicted octanol–water partition coefficient (Wildman–Crippen LogP) is 4.10. The van der Waals surface area contributed by atoms with Crippen LogP contribution >= 0.6 is 0 Å². The molecular weight excluding hydrogens is 234 g/mol. The molecule has 0 amide bonds. The van der Waals surface area contributed by atoms with Crippen LogP contribution in [0.5, 0.6) is 0 Å². The number of methoxy groups -OCH3 is 1. The lowest BCUT2D eigenvalue weighted by Crippen LogP contribution is -2.16. The second-order valence-electron chi connectivity index (χ2n) is 4.94. The summed E-state index contributed by atoms with van der Waals surface area (Å²) in [6.07, 6.45) is 0. The molecule has 1 N–H and O–H groups in total. The van der Waals surface area contributed by atoms with E-state index in [2.05, 4.69) is 61.6 Å². The standard InChI is InChI=1S/C17H21NO/c1-13-9-14(2)11-16(10-13)18-17(12-19-3)15-7-5-4-6-8-15/h4-11,17-18H,12H2,1-3H3. The van der Waals surface area contributed by atoms with Gasteiger partial charge in [-0.15, -0.1) is 0 Å². The highest BCUT2D eigenvalue weighted by Gasteiger charge is 2.10. The summed E-state index contributed by atoms with van der Waals surface area (Å²) in [5.74, 6) is 0. The molecule has 19 heavy (non-hydrogen) atoms. The van der Waals surface area contributed by atoms with Crippen LogP contribution in [0.25, 0.3) is 0 Å². The van der Waals surface area contributed by atoms with Gasteiger partial charge in [-0.25, -0.2) is 0 Å². The van der Waals surface area contributed by atoms with E-state index >= 15 is 0 Å². The van der Waals surface area contributed by atoms with E-state index in [1.807, 2.05) is 6.07 Å². The van der Waals surface area contributed by atoms with Crippen LogP contribution in [0, 0.1) is 13.8 Å². The molecule has 0 spiro atoms. The molecule has 2 rings (SSSR count). The molecule has 0 saturated carbocycles. The SMILES string of the molecule is COCC(Nc1cc(C)cc(C)c1)c1ccccc1. The van der Waals surface area contributed by atoms with Gasteiger partial charge in [0, 0.05) is 12.8 Å². The quantitative estimate of drug-likeness (QED) is 0.868. The Morgan fingerprint density at radius 2 is 1.63 bits per heavy atom. The number of aryl methyl sites for hydroxylation is 2. The van der Waals surface area contributed by atoms with Gasteiger partial charge in [0.25, 0.3) is 0 Å². The Morgan fingerprint density at radius 1 is 1.00 bits per heavy atom. The Hall–Kier alpha value is -1.80. The van der Waals surface area contributed by atoms with E-state index in [0.29, 0.717) is 6.61 Å². The maximum Gasteiger partial charge on any atom is 0.0747 e. The van der Waals surface area contributed by atoms with E-state index in [1.165, 1.54) is 16.7 Å². The fraction of sp³-hybridized carbons (Fsp3) is 0.294. The molecule has 0 heterocycles. The van der Waals surface area contributed by atoms with Crippen LogP contribution < -0.4 is 5.32 Å². The van der Waals surface area contributed by atoms with Gasteiger partial charge in [-0.1, -0.05) is 36.4 Å². The maximum atomic E-state index is 5.33. The van der Waals surface area contributed by atoms with Crippen molar-refractivity contribution in [2.45, 2.75) is 19.9 Å². The van der Waals surface area contributed by atoms with E-state index in [0.717, 1.165) is 5.69 Å². The normalized spacial score (nSPS) is 12.2. The first-order chi connectivity index (χ1) is 9.19. The predicted molar refractivity (Wildman–Crippen MR) is 80.6 cm³/mol. The van der Waals surface area contributed by atoms with Crippen LogP contribution in [0.2, 0.25) is 0 Å². The van der Waals surface area contributed by atoms with Gasteiger partial charge < -0.3 is 10.1 Å². The van der Waals surface area contributed by atoms with Crippen molar-refractivity contribution in [3.63, 3.8) is 0 Å². The summed E-state index contributed by atoms with van der Waals surface area (Å²) in [4.78, 5) is 0. The molecule has 2 aromatic rings. The molecule has 0 aliphatic heterocycles. The summed E-state index contributed by atoms with van der Waals surface area (Å²) < 4.78 is 5.33. The Bertz CT molecular complexity index is 502. The van der Waals surface area contributed by atoms with Crippen molar-refractivity contribution < 1.29 is 4.74 Å². The van der Waals surface area contributed by atoms with Gasteiger partial charge in [0.2, 0.25) is 0 Å². The van der Waals surface area contributed by atoms with E-state index in [-0.39, 0.29) is 6.04 Å². The lowest BCUT2D eigenvalue weighted by Gasteiger charge is -2.20. The van der Waals surface area contributed by atoms with Crippen molar-refractivity contribution in [3.8, 4) is 0 Å². The second kappa shape index (κ2) is 6.39. The maximum absolute atomic E-state index is 5.33. The summed E-state index contributed by atoms with van der Waals surface area (Å²) in [5, 5.41) is 3.55. The topological polar surface area (TPSA) is 21.3 Å². The van der Waals surface area contributed by atoms with Gasteiger partial charge in [-0.05, 0) is 42.7 Å². The first kappa shape index (κ1) is 13.6. The molecule has 1 unspecified atom stereocenters. The average Bonchev–Trinajstić information content (AvgIpc) is 2.38. The average molecular weight is 255 g/mol. The van der Waals surface area contributed by atoms with Crippen molar-refractivity contribution in [1.82, 2.24) is 0 Å². The van der Waals surface area contributed by atoms with Gasteiger partial charge in [-0.2, -0.15) is 0 Å². The largest absolute Gasteiger partial charge is 0.382 e. The molecule has 0 fully saturated rings. The van der Waals surface area contributed by atoms with Crippen molar-refractivity contribution in [1.29, 1.82) is 0 Å². The zero-order valence-corrected chi connectivity index (χ0v) is 11.8. The highest BCUT2D eigenvalue weighted by molar-refractivity contribution is 5.50. The van der Waals surface area contributed by atoms with Crippen LogP contribution in [0.15, 0.2) is 48.5 Å². The van der Waals surface area contributed by atoms with E-state index < -0.39 is 0 Å². The number of hydrogen-bond acceptors (Lipinski definition) is 2. The zero-order chi connectivity index (χ0) is 13.7. The van der Waals surface area contributed by atoms with E-state index in [4.69, 9.17) is 4.74 Å². The molecule has 2 heteroatoms. The molecule has 0 bridgehead atoms. The Morgan fingerprint density at radius 3 is 2.21 bits per heavy atom. The lowest BCUT2D eigenvalue weighted by atomic mass is 10.1. The third-order valence-corrected chi connectivity index (χ3v) is 3.10. The first-order valence-corrected chi connectivity index (χ1v) is 6.58. The summed E-state index contributed by atoms with van der Waals surface area (Å²) in [6.45, 7) is 4.88. The second-order valence-corrected chi connectivity index (χ2v) is 4.94. The Labute approximate surface area is 115 Å². The molecule has 2 nitrogen and oxygen atoms in total. The van der Waals surface area contributed by atoms with Gasteiger partial charge in [-0.3, -0.25) is 0 Å². The van der Waals surface area contributed by atoms with Gasteiger partial charge in [0.05, 0.1) is 12.6 Å². The van der Waals surface area contributed by atoms with Crippen molar-refractivity contribution in [2.75, 3.05) is 19.0 Å². The third-order valence-electron chi connectivity index (χ3n) is 3.10. The molecule has 0 radical (unpaired) electrons.